The highest BCUT2D eigenvalue weighted by Crippen LogP contribution is 2.22. The fourth-order valence-electron chi connectivity index (χ4n) is 2.60. The van der Waals surface area contributed by atoms with Crippen molar-refractivity contribution >= 4 is 34.5 Å². The van der Waals surface area contributed by atoms with E-state index in [2.05, 4.69) is 36.6 Å². The molecule has 3 aromatic heterocycles. The Balaban J connectivity index is 1.28. The minimum atomic E-state index is -0.194. The second-order valence-electron chi connectivity index (χ2n) is 6.33. The summed E-state index contributed by atoms with van der Waals surface area (Å²) in [6.45, 7) is 3.80. The molecule has 144 valence electrons. The molecule has 0 unspecified atom stereocenters. The van der Waals surface area contributed by atoms with Crippen molar-refractivity contribution in [1.82, 2.24) is 25.3 Å². The van der Waals surface area contributed by atoms with Gasteiger partial charge in [-0.05, 0) is 31.5 Å². The molecule has 0 aliphatic rings. The van der Waals surface area contributed by atoms with Crippen LogP contribution in [0.3, 0.4) is 0 Å². The summed E-state index contributed by atoms with van der Waals surface area (Å²) in [6, 6.07) is 7.73. The standard InChI is InChI=1S/C18H18N6O3S/c1-10-3-4-12-13(7-10)20-18(19-12)28-9-15-22-17(27-24-15)6-5-16(25)21-14-8-11(2)26-23-14/h3-4,7-8H,5-6,9H2,1-2H3,(H,19,20)(H,21,23,25). The van der Waals surface area contributed by atoms with Crippen LogP contribution in [-0.2, 0) is 17.0 Å². The van der Waals surface area contributed by atoms with Gasteiger partial charge >= 0.3 is 0 Å². The molecule has 0 spiro atoms. The lowest BCUT2D eigenvalue weighted by Gasteiger charge is -1.98. The number of imidazole rings is 1. The molecule has 0 radical (unpaired) electrons. The van der Waals surface area contributed by atoms with Crippen LogP contribution in [0.1, 0.15) is 29.5 Å². The van der Waals surface area contributed by atoms with Gasteiger partial charge in [0, 0.05) is 18.9 Å². The Morgan fingerprint density at radius 2 is 2.07 bits per heavy atom. The Morgan fingerprint density at radius 3 is 2.89 bits per heavy atom. The van der Waals surface area contributed by atoms with Crippen LogP contribution in [0.4, 0.5) is 5.82 Å². The zero-order valence-corrected chi connectivity index (χ0v) is 16.2. The number of anilines is 1. The Morgan fingerprint density at radius 1 is 1.18 bits per heavy atom. The third-order valence-corrected chi connectivity index (χ3v) is 4.79. The molecule has 0 saturated heterocycles. The van der Waals surface area contributed by atoms with E-state index in [0.717, 1.165) is 16.2 Å². The van der Waals surface area contributed by atoms with Gasteiger partial charge in [0.15, 0.2) is 16.8 Å². The number of benzene rings is 1. The number of hydrogen-bond donors (Lipinski definition) is 2. The molecule has 4 aromatic rings. The summed E-state index contributed by atoms with van der Waals surface area (Å²) in [5.74, 6) is 2.33. The first-order chi connectivity index (χ1) is 13.5. The van der Waals surface area contributed by atoms with Crippen LogP contribution in [0.25, 0.3) is 11.0 Å². The monoisotopic (exact) mass is 398 g/mol. The predicted octanol–water partition coefficient (Wildman–Crippen LogP) is 3.41. The van der Waals surface area contributed by atoms with Gasteiger partial charge in [-0.2, -0.15) is 4.98 Å². The molecule has 1 amide bonds. The van der Waals surface area contributed by atoms with E-state index in [4.69, 9.17) is 9.05 Å². The molecule has 3 heterocycles. The largest absolute Gasteiger partial charge is 0.360 e. The van der Waals surface area contributed by atoms with Gasteiger partial charge in [-0.25, -0.2) is 4.98 Å². The number of hydrogen-bond acceptors (Lipinski definition) is 8. The lowest BCUT2D eigenvalue weighted by Crippen LogP contribution is -2.12. The van der Waals surface area contributed by atoms with E-state index in [1.807, 2.05) is 19.1 Å². The first kappa shape index (κ1) is 18.2. The number of nitrogens with zero attached hydrogens (tertiary/aromatic N) is 4. The number of thioether (sulfide) groups is 1. The topological polar surface area (TPSA) is 123 Å². The molecule has 0 fully saturated rings. The van der Waals surface area contributed by atoms with Crippen molar-refractivity contribution in [3.63, 3.8) is 0 Å². The van der Waals surface area contributed by atoms with E-state index in [1.165, 1.54) is 17.3 Å². The maximum atomic E-state index is 11.9. The molecule has 1 aromatic carbocycles. The number of aromatic nitrogens is 5. The smallest absolute Gasteiger partial charge is 0.227 e. The summed E-state index contributed by atoms with van der Waals surface area (Å²) in [6.07, 6.45) is 0.563. The van der Waals surface area contributed by atoms with Crippen molar-refractivity contribution in [3.8, 4) is 0 Å². The highest BCUT2D eigenvalue weighted by molar-refractivity contribution is 7.98. The number of amides is 1. The van der Waals surface area contributed by atoms with Gasteiger partial charge in [0.05, 0.1) is 16.8 Å². The summed E-state index contributed by atoms with van der Waals surface area (Å²) in [5.41, 5.74) is 3.11. The zero-order valence-electron chi connectivity index (χ0n) is 15.4. The van der Waals surface area contributed by atoms with Crippen LogP contribution in [-0.4, -0.2) is 31.2 Å². The summed E-state index contributed by atoms with van der Waals surface area (Å²) < 4.78 is 10.1. The van der Waals surface area contributed by atoms with Gasteiger partial charge in [0.2, 0.25) is 11.8 Å². The molecule has 0 bridgehead atoms. The van der Waals surface area contributed by atoms with E-state index in [9.17, 15) is 4.79 Å². The van der Waals surface area contributed by atoms with E-state index >= 15 is 0 Å². The van der Waals surface area contributed by atoms with Crippen molar-refractivity contribution in [2.24, 2.45) is 0 Å². The molecule has 0 atom stereocenters. The summed E-state index contributed by atoms with van der Waals surface area (Å²) in [5, 5.41) is 11.1. The summed E-state index contributed by atoms with van der Waals surface area (Å²) in [7, 11) is 0. The Hall–Kier alpha value is -3.14. The second kappa shape index (κ2) is 7.85. The minimum absolute atomic E-state index is 0.194. The van der Waals surface area contributed by atoms with Gasteiger partial charge in [-0.3, -0.25) is 4.79 Å². The zero-order chi connectivity index (χ0) is 19.5. The van der Waals surface area contributed by atoms with E-state index < -0.39 is 0 Å². The highest BCUT2D eigenvalue weighted by Gasteiger charge is 2.12. The average Bonchev–Trinajstić information content (AvgIpc) is 3.37. The predicted molar refractivity (Wildman–Crippen MR) is 103 cm³/mol. The Labute approximate surface area is 164 Å². The summed E-state index contributed by atoms with van der Waals surface area (Å²) in [4.78, 5) is 24.1. The van der Waals surface area contributed by atoms with Crippen molar-refractivity contribution in [1.29, 1.82) is 0 Å². The van der Waals surface area contributed by atoms with Crippen LogP contribution < -0.4 is 5.32 Å². The van der Waals surface area contributed by atoms with Crippen molar-refractivity contribution in [3.05, 3.63) is 47.3 Å². The van der Waals surface area contributed by atoms with Gasteiger partial charge < -0.3 is 19.3 Å². The lowest BCUT2D eigenvalue weighted by atomic mass is 10.2. The third-order valence-electron chi connectivity index (χ3n) is 3.93. The Kier molecular flexibility index (Phi) is 5.11. The van der Waals surface area contributed by atoms with Crippen LogP contribution in [0, 0.1) is 13.8 Å². The van der Waals surface area contributed by atoms with Crippen molar-refractivity contribution in [2.75, 3.05) is 5.32 Å². The van der Waals surface area contributed by atoms with Gasteiger partial charge in [0.1, 0.15) is 5.76 Å². The molecule has 4 rings (SSSR count). The summed E-state index contributed by atoms with van der Waals surface area (Å²) >= 11 is 1.50. The van der Waals surface area contributed by atoms with Crippen LogP contribution in [0.15, 0.2) is 38.5 Å². The van der Waals surface area contributed by atoms with Crippen molar-refractivity contribution in [2.45, 2.75) is 37.6 Å². The first-order valence-electron chi connectivity index (χ1n) is 8.69. The maximum Gasteiger partial charge on any atom is 0.227 e. The maximum absolute atomic E-state index is 11.9. The molecule has 0 aliphatic heterocycles. The number of aromatic amines is 1. The third kappa shape index (κ3) is 4.39. The normalized spacial score (nSPS) is 11.2. The van der Waals surface area contributed by atoms with Crippen LogP contribution in [0.5, 0.6) is 0 Å². The fraction of sp³-hybridized carbons (Fsp3) is 0.278. The minimum Gasteiger partial charge on any atom is -0.360 e. The molecule has 10 heteroatoms. The number of fused-ring (bicyclic) bond motifs is 1. The number of nitrogens with one attached hydrogen (secondary N) is 2. The number of carbonyl (C=O) groups excluding carboxylic acids is 1. The number of aryl methyl sites for hydroxylation is 3. The molecule has 0 aliphatic carbocycles. The van der Waals surface area contributed by atoms with Crippen LogP contribution >= 0.6 is 11.8 Å². The Bertz CT molecular complexity index is 1120. The molecule has 9 nitrogen and oxygen atoms in total. The molecule has 0 saturated carbocycles. The lowest BCUT2D eigenvalue weighted by molar-refractivity contribution is -0.116. The van der Waals surface area contributed by atoms with Crippen molar-refractivity contribution < 1.29 is 13.8 Å². The number of H-pyrrole nitrogens is 1. The van der Waals surface area contributed by atoms with Gasteiger partial charge in [-0.15, -0.1) is 0 Å². The molecule has 2 N–H and O–H groups in total. The second-order valence-corrected chi connectivity index (χ2v) is 7.29. The van der Waals surface area contributed by atoms with Gasteiger partial charge in [0.25, 0.3) is 0 Å². The molecule has 28 heavy (non-hydrogen) atoms. The van der Waals surface area contributed by atoms with E-state index in [0.29, 0.717) is 35.5 Å². The first-order valence-corrected chi connectivity index (χ1v) is 9.67. The average molecular weight is 398 g/mol. The molecular weight excluding hydrogens is 380 g/mol. The fourth-order valence-corrected chi connectivity index (χ4v) is 3.33. The van der Waals surface area contributed by atoms with E-state index in [-0.39, 0.29) is 12.3 Å². The molecular formula is C18H18N6O3S. The number of carbonyl (C=O) groups is 1. The van der Waals surface area contributed by atoms with Gasteiger partial charge in [-0.1, -0.05) is 28.1 Å². The number of rotatable bonds is 7. The van der Waals surface area contributed by atoms with E-state index in [1.54, 1.807) is 13.0 Å². The highest BCUT2D eigenvalue weighted by atomic mass is 32.2. The van der Waals surface area contributed by atoms with Crippen LogP contribution in [0.2, 0.25) is 0 Å². The SMILES string of the molecule is Cc1ccc2nc(SCc3noc(CCC(=O)Nc4cc(C)on4)n3)[nH]c2c1. The quantitative estimate of drug-likeness (QED) is 0.454.